The zero-order valence-corrected chi connectivity index (χ0v) is 21.3. The van der Waals surface area contributed by atoms with Gasteiger partial charge in [-0.25, -0.2) is 4.98 Å². The first-order valence-corrected chi connectivity index (χ1v) is 13.6. The van der Waals surface area contributed by atoms with Crippen LogP contribution in [0.15, 0.2) is 96.0 Å². The van der Waals surface area contributed by atoms with Crippen molar-refractivity contribution >= 4 is 37.2 Å². The molecule has 9 heteroatoms. The standard InChI is InChI=1S/C27H21BrN2O5S/c28-19-2-1-3-22(14-19)35-36(32,33)24-15-23-25(17-6-10-21(31)11-7-17)26(27(24)34-23)18-4-8-20(9-5-18)30-13-12-29-16-30/h1-14,16,23-24,27,31H,15H2/t23-,24?,27+/m1/s1. The molecule has 0 amide bonds. The van der Waals surface area contributed by atoms with Gasteiger partial charge in [-0.05, 0) is 64.7 Å². The molecule has 1 unspecified atom stereocenters. The van der Waals surface area contributed by atoms with Gasteiger partial charge in [-0.15, -0.1) is 0 Å². The van der Waals surface area contributed by atoms with E-state index < -0.39 is 27.6 Å². The summed E-state index contributed by atoms with van der Waals surface area (Å²) in [6.45, 7) is 0. The van der Waals surface area contributed by atoms with Gasteiger partial charge in [-0.1, -0.05) is 46.3 Å². The molecule has 1 N–H and O–H groups in total. The maximum Gasteiger partial charge on any atom is 0.315 e. The van der Waals surface area contributed by atoms with Gasteiger partial charge in [-0.2, -0.15) is 8.42 Å². The number of hydrogen-bond acceptors (Lipinski definition) is 6. The Hall–Kier alpha value is -3.40. The highest BCUT2D eigenvalue weighted by atomic mass is 79.9. The average Bonchev–Trinajstić information content (AvgIpc) is 3.61. The molecule has 0 radical (unpaired) electrons. The second-order valence-electron chi connectivity index (χ2n) is 8.74. The van der Waals surface area contributed by atoms with Crippen LogP contribution in [-0.2, 0) is 14.9 Å². The highest BCUT2D eigenvalue weighted by Gasteiger charge is 2.53. The van der Waals surface area contributed by atoms with Crippen LogP contribution in [0.4, 0.5) is 0 Å². The van der Waals surface area contributed by atoms with Gasteiger partial charge in [0.1, 0.15) is 22.9 Å². The van der Waals surface area contributed by atoms with Crippen LogP contribution in [0.3, 0.4) is 0 Å². The van der Waals surface area contributed by atoms with E-state index in [1.165, 1.54) is 0 Å². The molecule has 3 atom stereocenters. The van der Waals surface area contributed by atoms with Crippen LogP contribution in [0.1, 0.15) is 17.5 Å². The lowest BCUT2D eigenvalue weighted by atomic mass is 9.83. The topological polar surface area (TPSA) is 90.7 Å². The summed E-state index contributed by atoms with van der Waals surface area (Å²) in [4.78, 5) is 4.09. The van der Waals surface area contributed by atoms with Crippen molar-refractivity contribution in [3.05, 3.63) is 107 Å². The van der Waals surface area contributed by atoms with E-state index in [1.807, 2.05) is 47.2 Å². The van der Waals surface area contributed by atoms with E-state index in [-0.39, 0.29) is 17.9 Å². The number of ether oxygens (including phenoxy) is 1. The molecule has 0 spiro atoms. The number of phenolic OH excluding ortho intramolecular Hbond substituents is 1. The fourth-order valence-electron chi connectivity index (χ4n) is 4.93. The lowest BCUT2D eigenvalue weighted by Crippen LogP contribution is -2.35. The van der Waals surface area contributed by atoms with Gasteiger partial charge in [0.25, 0.3) is 0 Å². The van der Waals surface area contributed by atoms with Gasteiger partial charge >= 0.3 is 10.1 Å². The summed E-state index contributed by atoms with van der Waals surface area (Å²) in [5.41, 5.74) is 4.45. The van der Waals surface area contributed by atoms with E-state index in [1.54, 1.807) is 48.9 Å². The van der Waals surface area contributed by atoms with Gasteiger partial charge in [0, 0.05) is 29.0 Å². The third kappa shape index (κ3) is 4.13. The molecule has 0 saturated carbocycles. The molecule has 36 heavy (non-hydrogen) atoms. The van der Waals surface area contributed by atoms with Crippen LogP contribution in [0, 0.1) is 0 Å². The largest absolute Gasteiger partial charge is 0.508 e. The van der Waals surface area contributed by atoms with Gasteiger partial charge in [0.15, 0.2) is 0 Å². The van der Waals surface area contributed by atoms with Gasteiger partial charge < -0.3 is 18.6 Å². The molecule has 6 rings (SSSR count). The minimum atomic E-state index is -3.99. The van der Waals surface area contributed by atoms with Gasteiger partial charge in [-0.3, -0.25) is 0 Å². The van der Waals surface area contributed by atoms with E-state index in [0.717, 1.165) is 32.4 Å². The fourth-order valence-corrected chi connectivity index (χ4v) is 6.72. The number of rotatable bonds is 6. The number of nitrogens with zero attached hydrogens (tertiary/aromatic N) is 2. The van der Waals surface area contributed by atoms with Crippen LogP contribution in [0.2, 0.25) is 0 Å². The number of benzene rings is 3. The van der Waals surface area contributed by atoms with Crippen molar-refractivity contribution in [2.24, 2.45) is 0 Å². The first-order chi connectivity index (χ1) is 17.4. The SMILES string of the molecule is O=S(=O)(Oc1cccc(Br)c1)C1C[C@H]2O[C@@H]1C(c1ccc(-n3ccnc3)cc1)=C2c1ccc(O)cc1. The van der Waals surface area contributed by atoms with Gasteiger partial charge in [0.05, 0.1) is 12.4 Å². The molecule has 1 aromatic heterocycles. The first-order valence-electron chi connectivity index (χ1n) is 11.4. The van der Waals surface area contributed by atoms with Crippen LogP contribution < -0.4 is 4.18 Å². The normalized spacial score (nSPS) is 21.2. The lowest BCUT2D eigenvalue weighted by molar-refractivity contribution is 0.128. The zero-order chi connectivity index (χ0) is 24.9. The van der Waals surface area contributed by atoms with Crippen LogP contribution >= 0.6 is 15.9 Å². The number of phenols is 1. The smallest absolute Gasteiger partial charge is 0.315 e. The third-order valence-electron chi connectivity index (χ3n) is 6.53. The number of aromatic nitrogens is 2. The molecule has 2 aliphatic rings. The Balaban J connectivity index is 1.40. The Morgan fingerprint density at radius 2 is 1.72 bits per heavy atom. The fraction of sp³-hybridized carbons (Fsp3) is 0.148. The maximum absolute atomic E-state index is 13.4. The number of aromatic hydroxyl groups is 1. The van der Waals surface area contributed by atoms with Crippen molar-refractivity contribution < 1.29 is 22.4 Å². The van der Waals surface area contributed by atoms with E-state index >= 15 is 0 Å². The summed E-state index contributed by atoms with van der Waals surface area (Å²) in [6.07, 6.45) is 4.48. The zero-order valence-electron chi connectivity index (χ0n) is 18.9. The van der Waals surface area contributed by atoms with Crippen molar-refractivity contribution in [2.45, 2.75) is 23.9 Å². The van der Waals surface area contributed by atoms with Crippen molar-refractivity contribution in [3.8, 4) is 17.2 Å². The molecule has 2 aliphatic heterocycles. The molecule has 1 saturated heterocycles. The van der Waals surface area contributed by atoms with E-state index in [9.17, 15) is 13.5 Å². The number of hydrogen-bond donors (Lipinski definition) is 1. The Bertz CT molecular complexity index is 1550. The Morgan fingerprint density at radius 3 is 2.42 bits per heavy atom. The minimum absolute atomic E-state index is 0.164. The summed E-state index contributed by atoms with van der Waals surface area (Å²) in [7, 11) is -3.99. The quantitative estimate of drug-likeness (QED) is 0.324. The van der Waals surface area contributed by atoms with Crippen molar-refractivity contribution in [3.63, 3.8) is 0 Å². The molecule has 7 nitrogen and oxygen atoms in total. The predicted octanol–water partition coefficient (Wildman–Crippen LogP) is 5.20. The maximum atomic E-state index is 13.4. The molecule has 0 aliphatic carbocycles. The Morgan fingerprint density at radius 1 is 1.00 bits per heavy atom. The second-order valence-corrected chi connectivity index (χ2v) is 11.4. The summed E-state index contributed by atoms with van der Waals surface area (Å²) in [5, 5.41) is 8.93. The van der Waals surface area contributed by atoms with Crippen molar-refractivity contribution in [2.75, 3.05) is 0 Å². The first kappa shape index (κ1) is 23.0. The molecule has 4 aromatic rings. The lowest BCUT2D eigenvalue weighted by Gasteiger charge is -2.25. The summed E-state index contributed by atoms with van der Waals surface area (Å²) in [5.74, 6) is 0.415. The molecular weight excluding hydrogens is 544 g/mol. The molecule has 3 aromatic carbocycles. The second kappa shape index (κ2) is 8.92. The molecule has 2 bridgehead atoms. The molecular formula is C27H21BrN2O5S. The molecule has 3 heterocycles. The van der Waals surface area contributed by atoms with E-state index in [0.29, 0.717) is 0 Å². The van der Waals surface area contributed by atoms with Crippen LogP contribution in [0.25, 0.3) is 16.8 Å². The highest BCUT2D eigenvalue weighted by Crippen LogP contribution is 2.51. The monoisotopic (exact) mass is 564 g/mol. The van der Waals surface area contributed by atoms with Crippen molar-refractivity contribution in [1.82, 2.24) is 9.55 Å². The van der Waals surface area contributed by atoms with Gasteiger partial charge in [0.2, 0.25) is 0 Å². The van der Waals surface area contributed by atoms with Crippen molar-refractivity contribution in [1.29, 1.82) is 0 Å². The Kier molecular flexibility index (Phi) is 5.70. The van der Waals surface area contributed by atoms with E-state index in [2.05, 4.69) is 20.9 Å². The number of fused-ring (bicyclic) bond motifs is 2. The molecule has 182 valence electrons. The number of halogens is 1. The number of imidazole rings is 1. The average molecular weight is 565 g/mol. The summed E-state index contributed by atoms with van der Waals surface area (Å²) < 4.78 is 41.2. The highest BCUT2D eigenvalue weighted by molar-refractivity contribution is 9.10. The summed E-state index contributed by atoms with van der Waals surface area (Å²) in [6, 6.07) is 21.5. The van der Waals surface area contributed by atoms with E-state index in [4.69, 9.17) is 8.92 Å². The van der Waals surface area contributed by atoms with Crippen LogP contribution in [-0.4, -0.2) is 40.5 Å². The third-order valence-corrected chi connectivity index (χ3v) is 8.63. The Labute approximate surface area is 216 Å². The molecule has 1 fully saturated rings. The van der Waals surface area contributed by atoms with Crippen LogP contribution in [0.5, 0.6) is 11.5 Å². The summed E-state index contributed by atoms with van der Waals surface area (Å²) >= 11 is 3.35. The predicted molar refractivity (Wildman–Crippen MR) is 139 cm³/mol. The minimum Gasteiger partial charge on any atom is -0.508 e.